The second-order valence-corrected chi connectivity index (χ2v) is 8.46. The van der Waals surface area contributed by atoms with Crippen molar-refractivity contribution in [2.45, 2.75) is 0 Å². The Bertz CT molecular complexity index is 1480. The molecule has 0 spiro atoms. The molecule has 5 aromatic rings. The van der Waals surface area contributed by atoms with E-state index < -0.39 is 0 Å². The summed E-state index contributed by atoms with van der Waals surface area (Å²) in [6.45, 7) is 0. The number of carbonyl (C=O) groups excluding carboxylic acids is 1. The molecule has 0 aliphatic carbocycles. The van der Waals surface area contributed by atoms with Gasteiger partial charge in [0.15, 0.2) is 5.76 Å². The molecule has 0 saturated carbocycles. The molecule has 0 atom stereocenters. The first-order valence-corrected chi connectivity index (χ1v) is 11.1. The van der Waals surface area contributed by atoms with Crippen LogP contribution in [0.4, 0.5) is 5.69 Å². The molecule has 0 bridgehead atoms. The fraction of sp³-hybridized carbons (Fsp3) is 0.0417. The number of methoxy groups -OCH3 is 1. The quantitative estimate of drug-likeness (QED) is 0.290. The van der Waals surface area contributed by atoms with Gasteiger partial charge in [-0.3, -0.25) is 4.79 Å². The molecule has 0 fully saturated rings. The molecule has 33 heavy (non-hydrogen) atoms. The number of amides is 1. The van der Waals surface area contributed by atoms with Crippen LogP contribution in [-0.4, -0.2) is 28.0 Å². The maximum Gasteiger partial charge on any atom is 0.291 e. The van der Waals surface area contributed by atoms with Gasteiger partial charge < -0.3 is 14.5 Å². The van der Waals surface area contributed by atoms with Gasteiger partial charge in [0.25, 0.3) is 5.91 Å². The summed E-state index contributed by atoms with van der Waals surface area (Å²) in [6, 6.07) is 21.7. The lowest BCUT2D eigenvalue weighted by Crippen LogP contribution is -2.10. The molecular weight excluding hydrogens is 508 g/mol. The van der Waals surface area contributed by atoms with Crippen molar-refractivity contribution in [1.29, 1.82) is 0 Å². The lowest BCUT2D eigenvalue weighted by molar-refractivity contribution is 0.0997. The Kier molecular flexibility index (Phi) is 5.62. The van der Waals surface area contributed by atoms with Crippen molar-refractivity contribution >= 4 is 50.2 Å². The lowest BCUT2D eigenvalue weighted by Gasteiger charge is -2.04. The Hall–Kier alpha value is -3.62. The Morgan fingerprint density at radius 2 is 1.79 bits per heavy atom. The molecule has 5 rings (SSSR count). The van der Waals surface area contributed by atoms with Crippen molar-refractivity contribution in [1.82, 2.24) is 15.0 Å². The highest BCUT2D eigenvalue weighted by molar-refractivity contribution is 9.10. The Labute approximate surface area is 202 Å². The van der Waals surface area contributed by atoms with Crippen LogP contribution in [0.15, 0.2) is 81.7 Å². The number of hydrogen-bond donors (Lipinski definition) is 1. The summed E-state index contributed by atoms with van der Waals surface area (Å²) in [5, 5.41) is 12.3. The van der Waals surface area contributed by atoms with Gasteiger partial charge in [-0.1, -0.05) is 39.7 Å². The van der Waals surface area contributed by atoms with Crippen LogP contribution in [0.25, 0.3) is 28.0 Å². The first-order valence-electron chi connectivity index (χ1n) is 9.88. The minimum absolute atomic E-state index is 0.213. The highest BCUT2D eigenvalue weighted by Gasteiger charge is 2.14. The number of hydrogen-bond acceptors (Lipinski definition) is 5. The number of anilines is 1. The lowest BCUT2D eigenvalue weighted by atomic mass is 10.2. The number of fused-ring (bicyclic) bond motifs is 1. The number of furan rings is 1. The molecule has 3 aromatic carbocycles. The molecule has 9 heteroatoms. The summed E-state index contributed by atoms with van der Waals surface area (Å²) in [7, 11) is 1.56. The minimum Gasteiger partial charge on any atom is -0.495 e. The number of halogens is 2. The second-order valence-electron chi connectivity index (χ2n) is 7.14. The van der Waals surface area contributed by atoms with Gasteiger partial charge in [0.2, 0.25) is 0 Å². The first kappa shape index (κ1) is 21.2. The third-order valence-corrected chi connectivity index (χ3v) is 5.79. The number of aromatic nitrogens is 3. The van der Waals surface area contributed by atoms with E-state index in [-0.39, 0.29) is 11.7 Å². The van der Waals surface area contributed by atoms with Crippen LogP contribution in [0.5, 0.6) is 5.75 Å². The van der Waals surface area contributed by atoms with Gasteiger partial charge in [0.1, 0.15) is 22.5 Å². The highest BCUT2D eigenvalue weighted by atomic mass is 79.9. The van der Waals surface area contributed by atoms with Gasteiger partial charge in [-0.25, -0.2) is 0 Å². The fourth-order valence-electron chi connectivity index (χ4n) is 3.31. The average Bonchev–Trinajstić information content (AvgIpc) is 3.47. The van der Waals surface area contributed by atoms with Crippen molar-refractivity contribution in [3.63, 3.8) is 0 Å². The summed E-state index contributed by atoms with van der Waals surface area (Å²) in [4.78, 5) is 14.2. The predicted octanol–water partition coefficient (Wildman–Crippen LogP) is 6.36. The fourth-order valence-corrected chi connectivity index (χ4v) is 3.83. The summed E-state index contributed by atoms with van der Waals surface area (Å²) >= 11 is 9.62. The van der Waals surface area contributed by atoms with Crippen LogP contribution in [0.2, 0.25) is 5.02 Å². The normalized spacial score (nSPS) is 11.0. The number of benzene rings is 3. The summed E-state index contributed by atoms with van der Waals surface area (Å²) < 4.78 is 11.9. The van der Waals surface area contributed by atoms with E-state index in [0.29, 0.717) is 38.9 Å². The maximum absolute atomic E-state index is 12.7. The molecule has 0 saturated heterocycles. The smallest absolute Gasteiger partial charge is 0.291 e. The standard InChI is InChI=1S/C24H16BrClN4O3/c1-32-22-9-7-17(13-18(22)26)30-28-19-8-6-16(12-20(19)29-30)27-24(31)23-11-10-21(33-23)14-2-4-15(25)5-3-14/h2-13H,1H3,(H,27,31). The number of nitrogens with zero attached hydrogens (tertiary/aromatic N) is 3. The number of carbonyl (C=O) groups is 1. The molecule has 0 unspecified atom stereocenters. The van der Waals surface area contributed by atoms with Gasteiger partial charge in [-0.2, -0.15) is 4.80 Å². The average molecular weight is 524 g/mol. The largest absolute Gasteiger partial charge is 0.495 e. The predicted molar refractivity (Wildman–Crippen MR) is 130 cm³/mol. The van der Waals surface area contributed by atoms with Crippen molar-refractivity contribution in [2.75, 3.05) is 12.4 Å². The molecule has 1 N–H and O–H groups in total. The Balaban J connectivity index is 1.36. The van der Waals surface area contributed by atoms with E-state index in [1.807, 2.05) is 30.3 Å². The molecule has 0 aliphatic heterocycles. The zero-order valence-electron chi connectivity index (χ0n) is 17.3. The van der Waals surface area contributed by atoms with Crippen LogP contribution >= 0.6 is 27.5 Å². The van der Waals surface area contributed by atoms with Crippen LogP contribution in [0.1, 0.15) is 10.6 Å². The zero-order chi connectivity index (χ0) is 22.9. The monoisotopic (exact) mass is 522 g/mol. The van der Waals surface area contributed by atoms with E-state index >= 15 is 0 Å². The molecule has 0 aliphatic rings. The number of nitrogens with one attached hydrogen (secondary N) is 1. The summed E-state index contributed by atoms with van der Waals surface area (Å²) in [5.41, 5.74) is 3.45. The van der Waals surface area contributed by atoms with Crippen LogP contribution in [0.3, 0.4) is 0 Å². The van der Waals surface area contributed by atoms with Gasteiger partial charge >= 0.3 is 0 Å². The van der Waals surface area contributed by atoms with E-state index in [4.69, 9.17) is 20.8 Å². The van der Waals surface area contributed by atoms with Gasteiger partial charge in [-0.15, -0.1) is 10.2 Å². The van der Waals surface area contributed by atoms with E-state index in [1.54, 1.807) is 49.6 Å². The number of rotatable bonds is 5. The van der Waals surface area contributed by atoms with E-state index in [2.05, 4.69) is 31.4 Å². The molecular formula is C24H16BrClN4O3. The topological polar surface area (TPSA) is 82.2 Å². The molecule has 7 nitrogen and oxygen atoms in total. The molecule has 2 aromatic heterocycles. The van der Waals surface area contributed by atoms with Crippen molar-refractivity contribution in [2.24, 2.45) is 0 Å². The van der Waals surface area contributed by atoms with Gasteiger partial charge in [0, 0.05) is 15.7 Å². The third kappa shape index (κ3) is 4.35. The zero-order valence-corrected chi connectivity index (χ0v) is 19.6. The molecule has 2 heterocycles. The summed E-state index contributed by atoms with van der Waals surface area (Å²) in [5.74, 6) is 1.05. The SMILES string of the molecule is COc1ccc(-n2nc3ccc(NC(=O)c4ccc(-c5ccc(Br)cc5)o4)cc3n2)cc1Cl. The Morgan fingerprint density at radius 1 is 1.00 bits per heavy atom. The van der Waals surface area contributed by atoms with Crippen molar-refractivity contribution in [3.05, 3.63) is 88.1 Å². The minimum atomic E-state index is -0.355. The van der Waals surface area contributed by atoms with E-state index in [1.165, 1.54) is 4.80 Å². The van der Waals surface area contributed by atoms with Crippen LogP contribution in [0, 0.1) is 0 Å². The highest BCUT2D eigenvalue weighted by Crippen LogP contribution is 2.27. The van der Waals surface area contributed by atoms with E-state index in [0.717, 1.165) is 10.0 Å². The molecule has 0 radical (unpaired) electrons. The van der Waals surface area contributed by atoms with Crippen molar-refractivity contribution in [3.8, 4) is 22.8 Å². The molecule has 164 valence electrons. The maximum atomic E-state index is 12.7. The first-order chi connectivity index (χ1) is 16.0. The van der Waals surface area contributed by atoms with Crippen LogP contribution in [-0.2, 0) is 0 Å². The van der Waals surface area contributed by atoms with Gasteiger partial charge in [-0.05, 0) is 60.7 Å². The van der Waals surface area contributed by atoms with Gasteiger partial charge in [0.05, 0.1) is 17.8 Å². The van der Waals surface area contributed by atoms with E-state index in [9.17, 15) is 4.79 Å². The molecule has 1 amide bonds. The Morgan fingerprint density at radius 3 is 2.55 bits per heavy atom. The summed E-state index contributed by atoms with van der Waals surface area (Å²) in [6.07, 6.45) is 0. The number of ether oxygens (including phenoxy) is 1. The van der Waals surface area contributed by atoms with Crippen LogP contribution < -0.4 is 10.1 Å². The third-order valence-electron chi connectivity index (χ3n) is 4.96. The second kappa shape index (κ2) is 8.73. The van der Waals surface area contributed by atoms with Crippen molar-refractivity contribution < 1.29 is 13.9 Å².